The largest absolute Gasteiger partial charge is 0.377 e. The zero-order valence-corrected chi connectivity index (χ0v) is 15.7. The number of ether oxygens (including phenoxy) is 1. The van der Waals surface area contributed by atoms with Crippen LogP contribution in [0.3, 0.4) is 0 Å². The molecule has 0 bridgehead atoms. The van der Waals surface area contributed by atoms with Crippen molar-refractivity contribution in [2.24, 2.45) is 0 Å². The molecule has 0 saturated carbocycles. The molecule has 1 aliphatic rings. The maximum absolute atomic E-state index is 13.5. The molecule has 3 aromatic rings. The highest BCUT2D eigenvalue weighted by molar-refractivity contribution is 6.11. The monoisotopic (exact) mass is 362 g/mol. The average molecular weight is 362 g/mol. The molecule has 1 aromatic heterocycles. The Morgan fingerprint density at radius 2 is 2.07 bits per heavy atom. The van der Waals surface area contributed by atoms with Crippen molar-refractivity contribution in [3.8, 4) is 0 Å². The second-order valence-corrected chi connectivity index (χ2v) is 7.15. The van der Waals surface area contributed by atoms with Crippen LogP contribution in [0, 0.1) is 0 Å². The second kappa shape index (κ2) is 8.07. The molecule has 140 valence electrons. The molecule has 2 atom stereocenters. The smallest absolute Gasteiger partial charge is 0.186 e. The maximum atomic E-state index is 13.5. The zero-order chi connectivity index (χ0) is 18.6. The minimum absolute atomic E-state index is 0.0960. The minimum atomic E-state index is -0.375. The van der Waals surface area contributed by atoms with E-state index >= 15 is 0 Å². The average Bonchev–Trinajstić information content (AvgIpc) is 3.38. The van der Waals surface area contributed by atoms with Gasteiger partial charge in [0.05, 0.1) is 12.1 Å². The van der Waals surface area contributed by atoms with Gasteiger partial charge in [-0.25, -0.2) is 0 Å². The normalized spacial score (nSPS) is 18.0. The first-order chi connectivity index (χ1) is 13.3. The highest BCUT2D eigenvalue weighted by Crippen LogP contribution is 2.27. The van der Waals surface area contributed by atoms with Crippen LogP contribution in [-0.2, 0) is 11.2 Å². The second-order valence-electron chi connectivity index (χ2n) is 7.15. The summed E-state index contributed by atoms with van der Waals surface area (Å²) >= 11 is 0. The standard InChI is InChI=1S/C23H26N2O2/c1-2-16-10-6-12-19-20(15-25-21(16)19)23(26)22(17-8-4-3-5-9-17)24-14-18-11-7-13-27-18/h3-6,8-10,12,15,18,22,24-25H,2,7,11,13-14H2,1H3. The third-order valence-electron chi connectivity index (χ3n) is 5.42. The molecule has 1 aliphatic heterocycles. The Kier molecular flexibility index (Phi) is 5.37. The number of nitrogens with one attached hydrogen (secondary N) is 2. The number of ketones is 1. The predicted octanol–water partition coefficient (Wildman–Crippen LogP) is 4.42. The number of fused-ring (bicyclic) bond motifs is 1. The lowest BCUT2D eigenvalue weighted by Crippen LogP contribution is -2.34. The number of hydrogen-bond acceptors (Lipinski definition) is 3. The lowest BCUT2D eigenvalue weighted by Gasteiger charge is -2.20. The number of H-pyrrole nitrogens is 1. The Labute approximate surface area is 159 Å². The molecule has 2 N–H and O–H groups in total. The van der Waals surface area contributed by atoms with Gasteiger partial charge in [-0.05, 0) is 30.4 Å². The molecule has 2 aromatic carbocycles. The molecule has 0 radical (unpaired) electrons. The molecule has 1 fully saturated rings. The zero-order valence-electron chi connectivity index (χ0n) is 15.7. The molecule has 27 heavy (non-hydrogen) atoms. The first-order valence-electron chi connectivity index (χ1n) is 9.81. The molecule has 0 amide bonds. The van der Waals surface area contributed by atoms with Crippen molar-refractivity contribution in [1.29, 1.82) is 0 Å². The van der Waals surface area contributed by atoms with Crippen LogP contribution in [0.2, 0.25) is 0 Å². The van der Waals surface area contributed by atoms with Crippen LogP contribution < -0.4 is 5.32 Å². The third kappa shape index (κ3) is 3.68. The van der Waals surface area contributed by atoms with E-state index in [4.69, 9.17) is 4.74 Å². The highest BCUT2D eigenvalue weighted by atomic mass is 16.5. The van der Waals surface area contributed by atoms with Gasteiger partial charge in [0, 0.05) is 35.8 Å². The topological polar surface area (TPSA) is 54.1 Å². The van der Waals surface area contributed by atoms with Crippen LogP contribution in [0.5, 0.6) is 0 Å². The van der Waals surface area contributed by atoms with E-state index in [-0.39, 0.29) is 17.9 Å². The van der Waals surface area contributed by atoms with Crippen LogP contribution in [-0.4, -0.2) is 30.0 Å². The summed E-state index contributed by atoms with van der Waals surface area (Å²) in [5.41, 5.74) is 4.03. The van der Waals surface area contributed by atoms with Crippen molar-refractivity contribution in [2.45, 2.75) is 38.3 Å². The lowest BCUT2D eigenvalue weighted by molar-refractivity contribution is 0.0893. The van der Waals surface area contributed by atoms with Gasteiger partial charge in [0.15, 0.2) is 5.78 Å². The predicted molar refractivity (Wildman–Crippen MR) is 108 cm³/mol. The van der Waals surface area contributed by atoms with Gasteiger partial charge in [0.2, 0.25) is 0 Å². The molecular formula is C23H26N2O2. The minimum Gasteiger partial charge on any atom is -0.377 e. The summed E-state index contributed by atoms with van der Waals surface area (Å²) in [7, 11) is 0. The van der Waals surface area contributed by atoms with Gasteiger partial charge < -0.3 is 15.0 Å². The summed E-state index contributed by atoms with van der Waals surface area (Å²) in [6.07, 6.45) is 5.13. The Hall–Kier alpha value is -2.43. The van der Waals surface area contributed by atoms with Crippen LogP contribution >= 0.6 is 0 Å². The van der Waals surface area contributed by atoms with Crippen molar-refractivity contribution in [3.05, 3.63) is 71.4 Å². The number of carbonyl (C=O) groups excluding carboxylic acids is 1. The van der Waals surface area contributed by atoms with Crippen LogP contribution in [0.1, 0.15) is 47.3 Å². The van der Waals surface area contributed by atoms with E-state index in [1.165, 1.54) is 5.56 Å². The van der Waals surface area contributed by atoms with Gasteiger partial charge in [-0.3, -0.25) is 4.79 Å². The van der Waals surface area contributed by atoms with Gasteiger partial charge >= 0.3 is 0 Å². The number of hydrogen-bond donors (Lipinski definition) is 2. The number of para-hydroxylation sites is 1. The maximum Gasteiger partial charge on any atom is 0.186 e. The van der Waals surface area contributed by atoms with E-state index in [0.717, 1.165) is 47.9 Å². The number of aromatic amines is 1. The SMILES string of the molecule is CCc1cccc2c(C(=O)C(NCC3CCCO3)c3ccccc3)c[nH]c12. The number of benzene rings is 2. The Balaban J connectivity index is 1.66. The molecule has 4 nitrogen and oxygen atoms in total. The van der Waals surface area contributed by atoms with Crippen molar-refractivity contribution in [3.63, 3.8) is 0 Å². The summed E-state index contributed by atoms with van der Waals surface area (Å²) in [6.45, 7) is 3.64. The van der Waals surface area contributed by atoms with Crippen molar-refractivity contribution < 1.29 is 9.53 Å². The molecular weight excluding hydrogens is 336 g/mol. The van der Waals surface area contributed by atoms with E-state index in [9.17, 15) is 4.79 Å². The summed E-state index contributed by atoms with van der Waals surface area (Å²) in [5, 5.41) is 4.47. The van der Waals surface area contributed by atoms with E-state index in [1.807, 2.05) is 48.7 Å². The van der Waals surface area contributed by atoms with Gasteiger partial charge in [-0.15, -0.1) is 0 Å². The fourth-order valence-electron chi connectivity index (χ4n) is 3.93. The Morgan fingerprint density at radius 3 is 2.81 bits per heavy atom. The molecule has 0 aliphatic carbocycles. The van der Waals surface area contributed by atoms with Gasteiger partial charge in [-0.1, -0.05) is 55.5 Å². The summed E-state index contributed by atoms with van der Waals surface area (Å²) in [5.74, 6) is 0.0960. The van der Waals surface area contributed by atoms with Crippen LogP contribution in [0.15, 0.2) is 54.7 Å². The van der Waals surface area contributed by atoms with Crippen molar-refractivity contribution in [1.82, 2.24) is 10.3 Å². The Bertz CT molecular complexity index is 911. The number of carbonyl (C=O) groups is 1. The number of rotatable bonds is 7. The molecule has 2 unspecified atom stereocenters. The van der Waals surface area contributed by atoms with Crippen LogP contribution in [0.25, 0.3) is 10.9 Å². The van der Waals surface area contributed by atoms with Gasteiger partial charge in [0.1, 0.15) is 0 Å². The fraction of sp³-hybridized carbons (Fsp3) is 0.348. The summed E-state index contributed by atoms with van der Waals surface area (Å²) in [6, 6.07) is 15.8. The first-order valence-corrected chi connectivity index (χ1v) is 9.81. The van der Waals surface area contributed by atoms with Crippen molar-refractivity contribution >= 4 is 16.7 Å². The molecule has 0 spiro atoms. The molecule has 4 rings (SSSR count). The van der Waals surface area contributed by atoms with E-state index < -0.39 is 0 Å². The van der Waals surface area contributed by atoms with Crippen LogP contribution in [0.4, 0.5) is 0 Å². The quantitative estimate of drug-likeness (QED) is 0.612. The van der Waals surface area contributed by atoms with E-state index in [1.54, 1.807) is 0 Å². The van der Waals surface area contributed by atoms with E-state index in [2.05, 4.69) is 23.3 Å². The summed E-state index contributed by atoms with van der Waals surface area (Å²) < 4.78 is 5.73. The molecule has 4 heteroatoms. The highest BCUT2D eigenvalue weighted by Gasteiger charge is 2.26. The molecule has 1 saturated heterocycles. The fourth-order valence-corrected chi connectivity index (χ4v) is 3.93. The number of Topliss-reactive ketones (excluding diaryl/α,β-unsaturated/α-hetero) is 1. The number of aromatic nitrogens is 1. The summed E-state index contributed by atoms with van der Waals surface area (Å²) in [4.78, 5) is 16.8. The Morgan fingerprint density at radius 1 is 1.22 bits per heavy atom. The van der Waals surface area contributed by atoms with E-state index in [0.29, 0.717) is 6.54 Å². The number of aryl methyl sites for hydroxylation is 1. The molecule has 2 heterocycles. The first kappa shape index (κ1) is 18.0. The van der Waals surface area contributed by atoms with Gasteiger partial charge in [0.25, 0.3) is 0 Å². The lowest BCUT2D eigenvalue weighted by atomic mass is 9.96. The van der Waals surface area contributed by atoms with Crippen molar-refractivity contribution in [2.75, 3.05) is 13.2 Å². The van der Waals surface area contributed by atoms with Gasteiger partial charge in [-0.2, -0.15) is 0 Å². The third-order valence-corrected chi connectivity index (χ3v) is 5.42.